The maximum absolute atomic E-state index is 9.28. The fourth-order valence-corrected chi connectivity index (χ4v) is 2.29. The Morgan fingerprint density at radius 1 is 1.27 bits per heavy atom. The molecule has 1 aliphatic rings. The molecule has 7 heteroatoms. The Kier molecular flexibility index (Phi) is 5.31. The summed E-state index contributed by atoms with van der Waals surface area (Å²) in [6.45, 7) is 3.62. The molecule has 1 fully saturated rings. The Bertz CT molecular complexity index is 618. The van der Waals surface area contributed by atoms with E-state index in [4.69, 9.17) is 10.5 Å². The maximum Gasteiger partial charge on any atom is 0.237 e. The number of piperazine rings is 1. The second-order valence-electron chi connectivity index (χ2n) is 5.10. The van der Waals surface area contributed by atoms with Gasteiger partial charge in [-0.3, -0.25) is 5.43 Å². The largest absolute Gasteiger partial charge is 0.392 e. The van der Waals surface area contributed by atoms with Crippen molar-refractivity contribution < 1.29 is 5.11 Å². The Labute approximate surface area is 129 Å². The van der Waals surface area contributed by atoms with Crippen LogP contribution in [0.5, 0.6) is 0 Å². The molecule has 1 aromatic carbocycles. The van der Waals surface area contributed by atoms with Crippen molar-refractivity contribution in [2.75, 3.05) is 43.6 Å². The highest BCUT2D eigenvalue weighted by Gasteiger charge is 2.17. The quantitative estimate of drug-likeness (QED) is 0.628. The molecule has 0 aliphatic carbocycles. The molecule has 0 saturated carbocycles. The molecule has 2 rings (SSSR count). The summed E-state index contributed by atoms with van der Waals surface area (Å²) in [5.74, 6) is 0. The average Bonchev–Trinajstić information content (AvgIpc) is 2.56. The second kappa shape index (κ2) is 7.41. The number of aliphatic hydroxyl groups excluding tert-OH is 1. The van der Waals surface area contributed by atoms with Crippen LogP contribution >= 0.6 is 0 Å². The summed E-state index contributed by atoms with van der Waals surface area (Å²) in [6.07, 6.45) is 0. The lowest BCUT2D eigenvalue weighted by Gasteiger charge is -2.35. The van der Waals surface area contributed by atoms with Gasteiger partial charge < -0.3 is 14.9 Å². The molecule has 1 saturated heterocycles. The summed E-state index contributed by atoms with van der Waals surface area (Å²) >= 11 is 0. The highest BCUT2D eigenvalue weighted by atomic mass is 16.3. The van der Waals surface area contributed by atoms with Gasteiger partial charge in [0.2, 0.25) is 5.71 Å². The van der Waals surface area contributed by atoms with Crippen LogP contribution in [0, 0.1) is 22.7 Å². The molecule has 0 bridgehead atoms. The average molecular weight is 298 g/mol. The molecule has 0 unspecified atom stereocenters. The Balaban J connectivity index is 2.27. The summed E-state index contributed by atoms with van der Waals surface area (Å²) in [4.78, 5) is 4.48. The van der Waals surface area contributed by atoms with Crippen molar-refractivity contribution in [1.29, 1.82) is 10.5 Å². The minimum absolute atomic E-state index is 0.0786. The first kappa shape index (κ1) is 15.8. The van der Waals surface area contributed by atoms with E-state index in [-0.39, 0.29) is 12.3 Å². The van der Waals surface area contributed by atoms with Crippen molar-refractivity contribution in [3.63, 3.8) is 0 Å². The zero-order chi connectivity index (χ0) is 15.9. The SMILES string of the molecule is CN1CCN(c2ccc(CO)cc2NN=C(C#N)C#N)CC1. The van der Waals surface area contributed by atoms with E-state index in [9.17, 15) is 5.11 Å². The van der Waals surface area contributed by atoms with Crippen LogP contribution < -0.4 is 10.3 Å². The lowest BCUT2D eigenvalue weighted by molar-refractivity contribution is 0.282. The van der Waals surface area contributed by atoms with Crippen molar-refractivity contribution in [3.05, 3.63) is 23.8 Å². The van der Waals surface area contributed by atoms with Gasteiger partial charge in [0.15, 0.2) is 0 Å². The number of rotatable bonds is 4. The fraction of sp³-hybridized carbons (Fsp3) is 0.400. The number of benzene rings is 1. The van der Waals surface area contributed by atoms with Gasteiger partial charge in [-0.1, -0.05) is 6.07 Å². The third-order valence-corrected chi connectivity index (χ3v) is 3.59. The van der Waals surface area contributed by atoms with Crippen LogP contribution in [-0.4, -0.2) is 48.9 Å². The molecule has 1 heterocycles. The first-order valence-electron chi connectivity index (χ1n) is 6.99. The number of aliphatic hydroxyl groups is 1. The van der Waals surface area contributed by atoms with Gasteiger partial charge in [-0.15, -0.1) is 0 Å². The van der Waals surface area contributed by atoms with Gasteiger partial charge in [0.05, 0.1) is 18.0 Å². The molecule has 22 heavy (non-hydrogen) atoms. The number of hydrazone groups is 1. The molecule has 0 spiro atoms. The summed E-state index contributed by atoms with van der Waals surface area (Å²) in [5.41, 5.74) is 4.91. The van der Waals surface area contributed by atoms with E-state index in [0.717, 1.165) is 37.4 Å². The first-order chi connectivity index (χ1) is 10.7. The van der Waals surface area contributed by atoms with E-state index in [1.54, 1.807) is 18.2 Å². The number of likely N-dealkylation sites (N-methyl/N-ethyl adjacent to an activating group) is 1. The molecule has 0 aromatic heterocycles. The minimum atomic E-state index is -0.237. The van der Waals surface area contributed by atoms with Crippen molar-refractivity contribution in [2.45, 2.75) is 6.61 Å². The Hall–Kier alpha value is -2.61. The normalized spacial score (nSPS) is 14.8. The van der Waals surface area contributed by atoms with Crippen LogP contribution in [-0.2, 0) is 6.61 Å². The fourth-order valence-electron chi connectivity index (χ4n) is 2.29. The zero-order valence-corrected chi connectivity index (χ0v) is 12.5. The Morgan fingerprint density at radius 2 is 1.95 bits per heavy atom. The van der Waals surface area contributed by atoms with E-state index in [2.05, 4.69) is 27.4 Å². The number of anilines is 2. The number of nitriles is 2. The third kappa shape index (κ3) is 3.73. The van der Waals surface area contributed by atoms with Crippen molar-refractivity contribution in [2.24, 2.45) is 5.10 Å². The van der Waals surface area contributed by atoms with Gasteiger partial charge in [-0.25, -0.2) is 0 Å². The first-order valence-corrected chi connectivity index (χ1v) is 6.99. The number of hydrogen-bond donors (Lipinski definition) is 2. The summed E-state index contributed by atoms with van der Waals surface area (Å²) < 4.78 is 0. The van der Waals surface area contributed by atoms with Crippen molar-refractivity contribution >= 4 is 17.1 Å². The van der Waals surface area contributed by atoms with E-state index >= 15 is 0 Å². The van der Waals surface area contributed by atoms with Gasteiger partial charge in [0, 0.05) is 26.2 Å². The van der Waals surface area contributed by atoms with E-state index in [1.165, 1.54) is 0 Å². The van der Waals surface area contributed by atoms with Crippen molar-refractivity contribution in [3.8, 4) is 12.1 Å². The van der Waals surface area contributed by atoms with Crippen LogP contribution in [0.4, 0.5) is 11.4 Å². The molecule has 7 nitrogen and oxygen atoms in total. The minimum Gasteiger partial charge on any atom is -0.392 e. The van der Waals surface area contributed by atoms with E-state index in [0.29, 0.717) is 5.69 Å². The summed E-state index contributed by atoms with van der Waals surface area (Å²) in [7, 11) is 2.09. The van der Waals surface area contributed by atoms with E-state index in [1.807, 2.05) is 12.1 Å². The van der Waals surface area contributed by atoms with Crippen LogP contribution in [0.25, 0.3) is 0 Å². The van der Waals surface area contributed by atoms with Crippen molar-refractivity contribution in [1.82, 2.24) is 4.90 Å². The molecule has 1 aliphatic heterocycles. The molecule has 1 aromatic rings. The van der Waals surface area contributed by atoms with Gasteiger partial charge >= 0.3 is 0 Å². The molecule has 0 atom stereocenters. The van der Waals surface area contributed by atoms with Gasteiger partial charge in [0.25, 0.3) is 0 Å². The van der Waals surface area contributed by atoms with Crippen LogP contribution in [0.15, 0.2) is 23.3 Å². The number of nitrogens with one attached hydrogen (secondary N) is 1. The zero-order valence-electron chi connectivity index (χ0n) is 12.5. The highest BCUT2D eigenvalue weighted by molar-refractivity contribution is 6.10. The maximum atomic E-state index is 9.28. The molecular formula is C15H18N6O. The molecule has 0 radical (unpaired) electrons. The third-order valence-electron chi connectivity index (χ3n) is 3.59. The monoisotopic (exact) mass is 298 g/mol. The van der Waals surface area contributed by atoms with Crippen LogP contribution in [0.2, 0.25) is 0 Å². The summed E-state index contributed by atoms with van der Waals surface area (Å²) in [5, 5.41) is 30.6. The van der Waals surface area contributed by atoms with Crippen LogP contribution in [0.3, 0.4) is 0 Å². The molecule has 2 N–H and O–H groups in total. The number of nitrogens with zero attached hydrogens (tertiary/aromatic N) is 5. The molecule has 0 amide bonds. The van der Waals surface area contributed by atoms with E-state index < -0.39 is 0 Å². The Morgan fingerprint density at radius 3 is 2.55 bits per heavy atom. The van der Waals surface area contributed by atoms with Gasteiger partial charge in [0.1, 0.15) is 12.1 Å². The lowest BCUT2D eigenvalue weighted by atomic mass is 10.1. The smallest absolute Gasteiger partial charge is 0.237 e. The molecule has 114 valence electrons. The molecular weight excluding hydrogens is 280 g/mol. The second-order valence-corrected chi connectivity index (χ2v) is 5.10. The predicted molar refractivity (Wildman–Crippen MR) is 84.4 cm³/mol. The topological polar surface area (TPSA) is 98.7 Å². The lowest BCUT2D eigenvalue weighted by Crippen LogP contribution is -2.44. The summed E-state index contributed by atoms with van der Waals surface area (Å²) in [6, 6.07) is 8.99. The van der Waals surface area contributed by atoms with Gasteiger partial charge in [-0.05, 0) is 24.7 Å². The predicted octanol–water partition coefficient (Wildman–Crippen LogP) is 0.746. The number of hydrogen-bond acceptors (Lipinski definition) is 7. The highest BCUT2D eigenvalue weighted by Crippen LogP contribution is 2.28. The standard InChI is InChI=1S/C15H18N6O/c1-20-4-6-21(7-5-20)15-3-2-12(11-22)8-14(15)19-18-13(9-16)10-17/h2-3,8,19,22H,4-7,11H2,1H3. The van der Waals surface area contributed by atoms with Crippen LogP contribution in [0.1, 0.15) is 5.56 Å². The van der Waals surface area contributed by atoms with Gasteiger partial charge in [-0.2, -0.15) is 15.6 Å².